The average molecular weight is 516 g/mol. The van der Waals surface area contributed by atoms with E-state index in [1.165, 1.54) is 6.07 Å². The number of fused-ring (bicyclic) bond motifs is 3. The number of benzene rings is 3. The van der Waals surface area contributed by atoms with Crippen molar-refractivity contribution in [2.24, 2.45) is 5.73 Å². The number of carbonyl (C=O) groups excluding carboxylic acids is 1. The summed E-state index contributed by atoms with van der Waals surface area (Å²) in [6, 6.07) is 10.6. The number of aryl methyl sites for hydroxylation is 1. The van der Waals surface area contributed by atoms with Gasteiger partial charge in [0, 0.05) is 17.5 Å². The zero-order valence-electron chi connectivity index (χ0n) is 19.9. The summed E-state index contributed by atoms with van der Waals surface area (Å²) in [5.74, 6) is -2.77. The van der Waals surface area contributed by atoms with Crippen LogP contribution in [0, 0.1) is 5.82 Å². The number of carboxylic acid groups (broad SMARTS) is 1. The van der Waals surface area contributed by atoms with E-state index in [1.807, 2.05) is 13.0 Å². The standard InChI is InChI=1S/C27H24F4N2O4/c1-2-3-5-15-10-21-25(22(11-15)37-14-23(34)35)24-19(26(32)36)6-4-7-20(24)33(21)13-16-8-17(27(29,30)31)12-18(28)9-16/h4,6-12H,2-3,5,13-14H2,1H3,(H2,32,36)(H,34,35). The molecule has 1 heterocycles. The van der Waals surface area contributed by atoms with Crippen LogP contribution in [0.15, 0.2) is 48.5 Å². The van der Waals surface area contributed by atoms with Gasteiger partial charge >= 0.3 is 12.1 Å². The number of halogens is 4. The topological polar surface area (TPSA) is 94.6 Å². The first-order valence-corrected chi connectivity index (χ1v) is 11.6. The van der Waals surface area contributed by atoms with Crippen molar-refractivity contribution in [2.75, 3.05) is 6.61 Å². The highest BCUT2D eigenvalue weighted by Crippen LogP contribution is 2.40. The maximum absolute atomic E-state index is 14.2. The van der Waals surface area contributed by atoms with E-state index in [0.717, 1.165) is 30.5 Å². The van der Waals surface area contributed by atoms with Crippen LogP contribution in [0.4, 0.5) is 17.6 Å². The van der Waals surface area contributed by atoms with Gasteiger partial charge in [0.15, 0.2) is 6.61 Å². The van der Waals surface area contributed by atoms with Gasteiger partial charge in [0.2, 0.25) is 5.91 Å². The Balaban J connectivity index is 2.03. The summed E-state index contributed by atoms with van der Waals surface area (Å²) in [5.41, 5.74) is 6.48. The SMILES string of the molecule is CCCCc1cc(OCC(=O)O)c2c3c(C(N)=O)cccc3n(Cc3cc(F)cc(C(F)(F)F)c3)c2c1. The minimum absolute atomic E-state index is 0.0579. The average Bonchev–Trinajstić information content (AvgIpc) is 3.13. The molecule has 6 nitrogen and oxygen atoms in total. The van der Waals surface area contributed by atoms with Gasteiger partial charge in [0.1, 0.15) is 11.6 Å². The highest BCUT2D eigenvalue weighted by Gasteiger charge is 2.31. The van der Waals surface area contributed by atoms with E-state index in [4.69, 9.17) is 10.5 Å². The molecule has 0 saturated heterocycles. The van der Waals surface area contributed by atoms with Crippen molar-refractivity contribution < 1.29 is 37.0 Å². The molecule has 0 aliphatic rings. The smallest absolute Gasteiger partial charge is 0.416 e. The molecule has 4 aromatic rings. The lowest BCUT2D eigenvalue weighted by molar-refractivity contribution is -0.139. The number of carboxylic acids is 1. The van der Waals surface area contributed by atoms with Crippen LogP contribution in [0.2, 0.25) is 0 Å². The van der Waals surface area contributed by atoms with Gasteiger partial charge in [0.05, 0.1) is 22.0 Å². The van der Waals surface area contributed by atoms with Crippen molar-refractivity contribution in [1.29, 1.82) is 0 Å². The van der Waals surface area contributed by atoms with Crippen LogP contribution in [-0.4, -0.2) is 28.2 Å². The molecule has 3 N–H and O–H groups in total. The molecule has 0 unspecified atom stereocenters. The molecule has 0 atom stereocenters. The molecule has 0 bridgehead atoms. The van der Waals surface area contributed by atoms with E-state index >= 15 is 0 Å². The first kappa shape index (κ1) is 26.0. The van der Waals surface area contributed by atoms with Crippen LogP contribution in [0.3, 0.4) is 0 Å². The Kier molecular flexibility index (Phi) is 7.11. The molecule has 0 aliphatic heterocycles. The summed E-state index contributed by atoms with van der Waals surface area (Å²) in [5, 5.41) is 9.98. The van der Waals surface area contributed by atoms with Crippen LogP contribution in [-0.2, 0) is 23.9 Å². The fraction of sp³-hybridized carbons (Fsp3) is 0.259. The largest absolute Gasteiger partial charge is 0.481 e. The Morgan fingerprint density at radius 1 is 1.03 bits per heavy atom. The van der Waals surface area contributed by atoms with Gasteiger partial charge in [-0.2, -0.15) is 13.2 Å². The second kappa shape index (κ2) is 10.1. The second-order valence-electron chi connectivity index (χ2n) is 8.77. The molecule has 10 heteroatoms. The van der Waals surface area contributed by atoms with Gasteiger partial charge < -0.3 is 20.1 Å². The molecule has 3 aromatic carbocycles. The lowest BCUT2D eigenvalue weighted by atomic mass is 10.0. The molecule has 1 aromatic heterocycles. The monoisotopic (exact) mass is 516 g/mol. The fourth-order valence-electron chi connectivity index (χ4n) is 4.52. The van der Waals surface area contributed by atoms with E-state index in [0.29, 0.717) is 34.3 Å². The number of ether oxygens (including phenoxy) is 1. The molecule has 0 aliphatic carbocycles. The van der Waals surface area contributed by atoms with Gasteiger partial charge in [-0.3, -0.25) is 4.79 Å². The normalized spacial score (nSPS) is 11.8. The Hall–Kier alpha value is -4.08. The first-order chi connectivity index (χ1) is 17.5. The summed E-state index contributed by atoms with van der Waals surface area (Å²) >= 11 is 0. The first-order valence-electron chi connectivity index (χ1n) is 11.6. The van der Waals surface area contributed by atoms with Crippen LogP contribution in [0.5, 0.6) is 5.75 Å². The van der Waals surface area contributed by atoms with E-state index in [1.54, 1.807) is 22.8 Å². The third-order valence-electron chi connectivity index (χ3n) is 6.08. The second-order valence-corrected chi connectivity index (χ2v) is 8.77. The van der Waals surface area contributed by atoms with Crippen molar-refractivity contribution >= 4 is 33.7 Å². The summed E-state index contributed by atoms with van der Waals surface area (Å²) < 4.78 is 61.5. The number of carbonyl (C=O) groups is 2. The highest BCUT2D eigenvalue weighted by atomic mass is 19.4. The number of primary amides is 1. The zero-order chi connectivity index (χ0) is 26.9. The minimum Gasteiger partial charge on any atom is -0.481 e. The predicted octanol–water partition coefficient (Wildman–Crippen LogP) is 5.91. The number of hydrogen-bond donors (Lipinski definition) is 2. The zero-order valence-corrected chi connectivity index (χ0v) is 19.9. The molecular formula is C27H24F4N2O4. The maximum Gasteiger partial charge on any atom is 0.416 e. The Labute approximate surface area is 209 Å². The minimum atomic E-state index is -4.73. The van der Waals surface area contributed by atoms with Crippen molar-refractivity contribution in [3.05, 3.63) is 76.6 Å². The molecule has 1 amide bonds. The van der Waals surface area contributed by atoms with Gasteiger partial charge in [-0.05, 0) is 66.4 Å². The summed E-state index contributed by atoms with van der Waals surface area (Å²) in [4.78, 5) is 23.6. The summed E-state index contributed by atoms with van der Waals surface area (Å²) in [6.45, 7) is 1.22. The molecule has 0 spiro atoms. The van der Waals surface area contributed by atoms with Crippen molar-refractivity contribution in [3.63, 3.8) is 0 Å². The number of aliphatic carboxylic acids is 1. The Bertz CT molecular complexity index is 1510. The number of amides is 1. The van der Waals surface area contributed by atoms with E-state index in [-0.39, 0.29) is 23.4 Å². The molecule has 0 fully saturated rings. The number of hydrogen-bond acceptors (Lipinski definition) is 3. The number of alkyl halides is 3. The van der Waals surface area contributed by atoms with E-state index < -0.39 is 36.0 Å². The molecule has 0 saturated carbocycles. The number of nitrogens with two attached hydrogens (primary N) is 1. The quantitative estimate of drug-likeness (QED) is 0.271. The Morgan fingerprint density at radius 3 is 2.43 bits per heavy atom. The fourth-order valence-corrected chi connectivity index (χ4v) is 4.52. The van der Waals surface area contributed by atoms with Crippen LogP contribution < -0.4 is 10.5 Å². The third-order valence-corrected chi connectivity index (χ3v) is 6.08. The number of rotatable bonds is 9. The molecular weight excluding hydrogens is 492 g/mol. The van der Waals surface area contributed by atoms with E-state index in [2.05, 4.69) is 0 Å². The third kappa shape index (κ3) is 5.37. The lowest BCUT2D eigenvalue weighted by Gasteiger charge is -2.13. The van der Waals surface area contributed by atoms with Gasteiger partial charge in [-0.25, -0.2) is 9.18 Å². The molecule has 0 radical (unpaired) electrons. The maximum atomic E-state index is 14.2. The highest BCUT2D eigenvalue weighted by molar-refractivity contribution is 6.20. The number of unbranched alkanes of at least 4 members (excludes halogenated alkanes) is 1. The summed E-state index contributed by atoms with van der Waals surface area (Å²) in [7, 11) is 0. The van der Waals surface area contributed by atoms with Gasteiger partial charge in [-0.15, -0.1) is 0 Å². The van der Waals surface area contributed by atoms with Gasteiger partial charge in [-0.1, -0.05) is 19.4 Å². The molecule has 194 valence electrons. The van der Waals surface area contributed by atoms with Crippen molar-refractivity contribution in [1.82, 2.24) is 4.57 Å². The molecule has 37 heavy (non-hydrogen) atoms. The van der Waals surface area contributed by atoms with Crippen LogP contribution in [0.1, 0.15) is 46.8 Å². The number of aromatic nitrogens is 1. The van der Waals surface area contributed by atoms with Gasteiger partial charge in [0.25, 0.3) is 0 Å². The summed E-state index contributed by atoms with van der Waals surface area (Å²) in [6.07, 6.45) is -2.38. The van der Waals surface area contributed by atoms with Crippen molar-refractivity contribution in [2.45, 2.75) is 38.9 Å². The van der Waals surface area contributed by atoms with Crippen LogP contribution in [0.25, 0.3) is 21.8 Å². The van der Waals surface area contributed by atoms with Crippen LogP contribution >= 0.6 is 0 Å². The van der Waals surface area contributed by atoms with E-state index in [9.17, 15) is 32.3 Å². The lowest BCUT2D eigenvalue weighted by Crippen LogP contribution is -2.12. The van der Waals surface area contributed by atoms with Crippen molar-refractivity contribution in [3.8, 4) is 5.75 Å². The predicted molar refractivity (Wildman–Crippen MR) is 130 cm³/mol. The number of nitrogens with zero attached hydrogens (tertiary/aromatic N) is 1. The Morgan fingerprint density at radius 2 is 1.78 bits per heavy atom. The molecule has 4 rings (SSSR count).